The Labute approximate surface area is 107 Å². The summed E-state index contributed by atoms with van der Waals surface area (Å²) in [4.78, 5) is 13.6. The van der Waals surface area contributed by atoms with Gasteiger partial charge in [-0.05, 0) is 5.56 Å². The van der Waals surface area contributed by atoms with E-state index in [1.54, 1.807) is 0 Å². The molecular formula is C9H6F6N2O3. The van der Waals surface area contributed by atoms with Gasteiger partial charge in [-0.3, -0.25) is 0 Å². The van der Waals surface area contributed by atoms with Gasteiger partial charge in [0.2, 0.25) is 5.88 Å². The van der Waals surface area contributed by atoms with Crippen LogP contribution in [0.3, 0.4) is 0 Å². The summed E-state index contributed by atoms with van der Waals surface area (Å²) >= 11 is 0. The van der Waals surface area contributed by atoms with Crippen molar-refractivity contribution in [3.63, 3.8) is 0 Å². The van der Waals surface area contributed by atoms with Gasteiger partial charge in [-0.15, -0.1) is 13.2 Å². The zero-order valence-corrected chi connectivity index (χ0v) is 9.34. The van der Waals surface area contributed by atoms with Crippen LogP contribution in [0.25, 0.3) is 0 Å². The molecule has 1 aromatic heterocycles. The number of aromatic nitrogens is 1. The number of carboxylic acids is 1. The highest BCUT2D eigenvalue weighted by Crippen LogP contribution is 2.36. The molecule has 0 amide bonds. The van der Waals surface area contributed by atoms with Crippen LogP contribution in [0.1, 0.15) is 21.5 Å². The minimum Gasteiger partial charge on any atom is -0.477 e. The second kappa shape index (κ2) is 5.15. The summed E-state index contributed by atoms with van der Waals surface area (Å²) in [6, 6.07) is 0. The number of ether oxygens (including phenoxy) is 1. The second-order valence-corrected chi connectivity index (χ2v) is 3.39. The van der Waals surface area contributed by atoms with Crippen molar-refractivity contribution in [2.75, 3.05) is 0 Å². The van der Waals surface area contributed by atoms with Crippen LogP contribution >= 0.6 is 0 Å². The standard InChI is InChI=1S/C9H6F6N2O3/c10-8(11,12)4-2-17-6(20-9(13,14)15)5(7(18)19)3(4)1-16/h2H,1,16H2,(H,18,19). The summed E-state index contributed by atoms with van der Waals surface area (Å²) in [5.74, 6) is -3.57. The van der Waals surface area contributed by atoms with E-state index in [0.717, 1.165) is 0 Å². The van der Waals surface area contributed by atoms with E-state index in [-0.39, 0.29) is 6.20 Å². The van der Waals surface area contributed by atoms with Crippen LogP contribution in [0.4, 0.5) is 26.3 Å². The average Bonchev–Trinajstić information content (AvgIpc) is 2.23. The van der Waals surface area contributed by atoms with E-state index in [2.05, 4.69) is 9.72 Å². The van der Waals surface area contributed by atoms with Gasteiger partial charge in [-0.2, -0.15) is 13.2 Å². The van der Waals surface area contributed by atoms with Crippen LogP contribution < -0.4 is 10.5 Å². The number of carboxylic acid groups (broad SMARTS) is 1. The normalized spacial score (nSPS) is 12.3. The molecule has 0 spiro atoms. The summed E-state index contributed by atoms with van der Waals surface area (Å²) in [5.41, 5.74) is 1.04. The first kappa shape index (κ1) is 16.0. The van der Waals surface area contributed by atoms with E-state index in [1.165, 1.54) is 0 Å². The van der Waals surface area contributed by atoms with Gasteiger partial charge in [0.25, 0.3) is 0 Å². The number of carbonyl (C=O) groups is 1. The molecule has 0 unspecified atom stereocenters. The van der Waals surface area contributed by atoms with E-state index in [4.69, 9.17) is 10.8 Å². The molecule has 0 bridgehead atoms. The van der Waals surface area contributed by atoms with Crippen LogP contribution in [0, 0.1) is 0 Å². The Kier molecular flexibility index (Phi) is 4.12. The first-order chi connectivity index (χ1) is 8.97. The fraction of sp³-hybridized carbons (Fsp3) is 0.333. The molecule has 0 saturated heterocycles. The molecule has 20 heavy (non-hydrogen) atoms. The summed E-state index contributed by atoms with van der Waals surface area (Å²) in [6.45, 7) is -0.951. The molecule has 11 heteroatoms. The molecule has 0 aliphatic rings. The van der Waals surface area contributed by atoms with Gasteiger partial charge in [-0.1, -0.05) is 0 Å². The number of alkyl halides is 6. The molecule has 1 aromatic rings. The van der Waals surface area contributed by atoms with Crippen molar-refractivity contribution in [1.29, 1.82) is 0 Å². The van der Waals surface area contributed by atoms with Gasteiger partial charge in [0, 0.05) is 12.7 Å². The Hall–Kier alpha value is -2.04. The Morgan fingerprint density at radius 1 is 1.30 bits per heavy atom. The highest BCUT2D eigenvalue weighted by atomic mass is 19.4. The highest BCUT2D eigenvalue weighted by molar-refractivity contribution is 5.92. The molecule has 0 radical (unpaired) electrons. The Morgan fingerprint density at radius 3 is 2.20 bits per heavy atom. The van der Waals surface area contributed by atoms with Crippen LogP contribution in [-0.2, 0) is 12.7 Å². The summed E-state index contributed by atoms with van der Waals surface area (Å²) < 4.78 is 77.2. The molecule has 0 fully saturated rings. The predicted molar refractivity (Wildman–Crippen MR) is 50.8 cm³/mol. The number of nitrogens with zero attached hydrogens (tertiary/aromatic N) is 1. The lowest BCUT2D eigenvalue weighted by Gasteiger charge is -2.17. The van der Waals surface area contributed by atoms with Crippen LogP contribution in [0.2, 0.25) is 0 Å². The van der Waals surface area contributed by atoms with Crippen LogP contribution in [0.5, 0.6) is 5.88 Å². The molecule has 0 aromatic carbocycles. The topological polar surface area (TPSA) is 85.4 Å². The number of hydrogen-bond acceptors (Lipinski definition) is 4. The van der Waals surface area contributed by atoms with Gasteiger partial charge >= 0.3 is 18.5 Å². The number of hydrogen-bond donors (Lipinski definition) is 2. The van der Waals surface area contributed by atoms with Gasteiger partial charge in [0.15, 0.2) is 0 Å². The molecule has 112 valence electrons. The van der Waals surface area contributed by atoms with Gasteiger partial charge in [-0.25, -0.2) is 9.78 Å². The lowest BCUT2D eigenvalue weighted by atomic mass is 10.0. The zero-order chi connectivity index (χ0) is 15.7. The Balaban J connectivity index is 3.55. The molecular weight excluding hydrogens is 298 g/mol. The fourth-order valence-electron chi connectivity index (χ4n) is 1.39. The summed E-state index contributed by atoms with van der Waals surface area (Å²) in [6.07, 6.45) is -10.3. The second-order valence-electron chi connectivity index (χ2n) is 3.39. The van der Waals surface area contributed by atoms with Crippen molar-refractivity contribution >= 4 is 5.97 Å². The number of aromatic carboxylic acids is 1. The molecule has 0 aliphatic heterocycles. The number of halogens is 6. The maximum Gasteiger partial charge on any atom is 0.574 e. The maximum absolute atomic E-state index is 12.6. The van der Waals surface area contributed by atoms with Crippen molar-refractivity contribution in [2.24, 2.45) is 5.73 Å². The van der Waals surface area contributed by atoms with E-state index in [0.29, 0.717) is 0 Å². The summed E-state index contributed by atoms with van der Waals surface area (Å²) in [7, 11) is 0. The maximum atomic E-state index is 12.6. The van der Waals surface area contributed by atoms with E-state index in [1.807, 2.05) is 0 Å². The molecule has 1 heterocycles. The number of pyridine rings is 1. The minimum atomic E-state index is -5.30. The van der Waals surface area contributed by atoms with E-state index >= 15 is 0 Å². The third kappa shape index (κ3) is 3.50. The first-order valence-corrected chi connectivity index (χ1v) is 4.75. The van der Waals surface area contributed by atoms with Crippen molar-refractivity contribution in [2.45, 2.75) is 19.1 Å². The van der Waals surface area contributed by atoms with Gasteiger partial charge in [0.1, 0.15) is 5.56 Å². The smallest absolute Gasteiger partial charge is 0.477 e. The predicted octanol–water partition coefficient (Wildman–Crippen LogP) is 2.16. The number of rotatable bonds is 3. The largest absolute Gasteiger partial charge is 0.574 e. The zero-order valence-electron chi connectivity index (χ0n) is 9.34. The highest BCUT2D eigenvalue weighted by Gasteiger charge is 2.39. The lowest BCUT2D eigenvalue weighted by molar-refractivity contribution is -0.276. The molecule has 1 rings (SSSR count). The van der Waals surface area contributed by atoms with Crippen molar-refractivity contribution in [3.8, 4) is 5.88 Å². The Morgan fingerprint density at radius 2 is 1.85 bits per heavy atom. The average molecular weight is 304 g/mol. The van der Waals surface area contributed by atoms with Crippen LogP contribution in [0.15, 0.2) is 6.20 Å². The SMILES string of the molecule is NCc1c(C(F)(F)F)cnc(OC(F)(F)F)c1C(=O)O. The monoisotopic (exact) mass is 304 g/mol. The van der Waals surface area contributed by atoms with Crippen molar-refractivity contribution < 1.29 is 41.0 Å². The Bertz CT molecular complexity index is 526. The van der Waals surface area contributed by atoms with Gasteiger partial charge < -0.3 is 15.6 Å². The fourth-order valence-corrected chi connectivity index (χ4v) is 1.39. The summed E-state index contributed by atoms with van der Waals surface area (Å²) in [5, 5.41) is 8.75. The quantitative estimate of drug-likeness (QED) is 0.836. The van der Waals surface area contributed by atoms with Crippen molar-refractivity contribution in [3.05, 3.63) is 22.9 Å². The third-order valence-corrected chi connectivity index (χ3v) is 2.09. The molecule has 0 atom stereocenters. The lowest BCUT2D eigenvalue weighted by Crippen LogP contribution is -2.23. The molecule has 0 saturated carbocycles. The minimum absolute atomic E-state index is 0.0374. The molecule has 5 nitrogen and oxygen atoms in total. The van der Waals surface area contributed by atoms with Gasteiger partial charge in [0.05, 0.1) is 5.56 Å². The third-order valence-electron chi connectivity index (χ3n) is 2.09. The van der Waals surface area contributed by atoms with Crippen molar-refractivity contribution in [1.82, 2.24) is 4.98 Å². The molecule has 3 N–H and O–H groups in total. The number of nitrogens with two attached hydrogens (primary N) is 1. The van der Waals surface area contributed by atoms with Crippen LogP contribution in [-0.4, -0.2) is 22.4 Å². The van der Waals surface area contributed by atoms with E-state index in [9.17, 15) is 31.1 Å². The molecule has 0 aliphatic carbocycles. The van der Waals surface area contributed by atoms with E-state index < -0.39 is 47.6 Å². The first-order valence-electron chi connectivity index (χ1n) is 4.75.